The highest BCUT2D eigenvalue weighted by Crippen LogP contribution is 2.39. The Hall–Kier alpha value is -2.21. The fraction of sp³-hybridized carbons (Fsp3) is 0.581. The largest absolute Gasteiger partial charge is 0.454 e. The molecule has 4 heterocycles. The van der Waals surface area contributed by atoms with E-state index in [0.29, 0.717) is 12.3 Å². The van der Waals surface area contributed by atoms with Crippen LogP contribution in [0.5, 0.6) is 0 Å². The number of fused-ring (bicyclic) bond motifs is 3. The molecule has 2 bridgehead atoms. The van der Waals surface area contributed by atoms with Gasteiger partial charge in [-0.2, -0.15) is 0 Å². The Kier molecular flexibility index (Phi) is 7.80. The van der Waals surface area contributed by atoms with Crippen LogP contribution in [0.2, 0.25) is 0 Å². The van der Waals surface area contributed by atoms with E-state index in [0.717, 1.165) is 68.3 Å². The summed E-state index contributed by atoms with van der Waals surface area (Å²) in [6.45, 7) is 8.63. The van der Waals surface area contributed by atoms with Gasteiger partial charge in [-0.1, -0.05) is 61.0 Å². The van der Waals surface area contributed by atoms with Crippen molar-refractivity contribution in [3.05, 3.63) is 71.3 Å². The van der Waals surface area contributed by atoms with Gasteiger partial charge in [0.1, 0.15) is 12.1 Å². The van der Waals surface area contributed by atoms with Crippen molar-refractivity contribution in [3.8, 4) is 0 Å². The Bertz CT molecular complexity index is 994. The Morgan fingerprint density at radius 3 is 2.25 bits per heavy atom. The number of carbonyl (C=O) groups excluding carboxylic acids is 1. The molecule has 2 aromatic carbocycles. The molecule has 0 aliphatic carbocycles. The van der Waals surface area contributed by atoms with E-state index < -0.39 is 5.54 Å². The molecule has 5 heteroatoms. The first-order chi connectivity index (χ1) is 17.5. The molecule has 5 nitrogen and oxygen atoms in total. The molecule has 4 aliphatic heterocycles. The van der Waals surface area contributed by atoms with Crippen molar-refractivity contribution >= 4 is 5.97 Å². The number of rotatable bonds is 9. The van der Waals surface area contributed by atoms with Gasteiger partial charge in [0.05, 0.1) is 19.6 Å². The van der Waals surface area contributed by atoms with Gasteiger partial charge in [-0.25, -0.2) is 4.79 Å². The summed E-state index contributed by atoms with van der Waals surface area (Å²) in [5.74, 6) is 0.431. The summed E-state index contributed by atoms with van der Waals surface area (Å²) in [6, 6.07) is 19.0. The van der Waals surface area contributed by atoms with E-state index >= 15 is 0 Å². The first-order valence-corrected chi connectivity index (χ1v) is 14.1. The molecule has 0 saturated carbocycles. The maximum Gasteiger partial charge on any atom is 0.331 e. The fourth-order valence-corrected chi connectivity index (χ4v) is 6.82. The molecule has 1 N–H and O–H groups in total. The molecule has 0 amide bonds. The van der Waals surface area contributed by atoms with Crippen LogP contribution in [0.15, 0.2) is 54.6 Å². The Labute approximate surface area is 216 Å². The summed E-state index contributed by atoms with van der Waals surface area (Å²) in [5.41, 5.74) is 2.86. The second kappa shape index (κ2) is 11.0. The predicted octanol–water partition coefficient (Wildman–Crippen LogP) is 4.32. The number of ether oxygens (including phenoxy) is 1. The number of hydrogen-bond acceptors (Lipinski definition) is 4. The van der Waals surface area contributed by atoms with Gasteiger partial charge < -0.3 is 14.3 Å². The summed E-state index contributed by atoms with van der Waals surface area (Å²) < 4.78 is 7.57. The topological polar surface area (TPSA) is 49.8 Å². The van der Waals surface area contributed by atoms with Crippen LogP contribution in [0, 0.1) is 5.92 Å². The van der Waals surface area contributed by atoms with Gasteiger partial charge in [0.15, 0.2) is 6.10 Å². The number of carbonyl (C=O) groups is 1. The second-order valence-corrected chi connectivity index (χ2v) is 11.5. The molecule has 4 aliphatic rings. The molecular weight excluding hydrogens is 448 g/mol. The quantitative estimate of drug-likeness (QED) is 0.419. The Balaban J connectivity index is 1.28. The van der Waals surface area contributed by atoms with Crippen molar-refractivity contribution < 1.29 is 19.1 Å². The molecule has 0 radical (unpaired) electrons. The average molecular weight is 492 g/mol. The van der Waals surface area contributed by atoms with E-state index in [1.54, 1.807) is 0 Å². The normalized spacial score (nSPS) is 27.9. The van der Waals surface area contributed by atoms with Gasteiger partial charge in [0.2, 0.25) is 0 Å². The van der Waals surface area contributed by atoms with Gasteiger partial charge in [-0.05, 0) is 56.0 Å². The molecule has 4 saturated heterocycles. The van der Waals surface area contributed by atoms with Crippen LogP contribution in [0.25, 0.3) is 0 Å². The number of aliphatic hydroxyl groups is 1. The Morgan fingerprint density at radius 2 is 1.61 bits per heavy atom. The molecule has 194 valence electrons. The van der Waals surface area contributed by atoms with Crippen LogP contribution in [0.1, 0.15) is 55.7 Å². The molecule has 4 fully saturated rings. The number of hydrogen-bond donors (Lipinski definition) is 1. The number of nitrogens with zero attached hydrogens (tertiary/aromatic N) is 2. The van der Waals surface area contributed by atoms with Crippen molar-refractivity contribution in [2.24, 2.45) is 5.92 Å². The zero-order valence-electron chi connectivity index (χ0n) is 21.9. The highest BCUT2D eigenvalue weighted by atomic mass is 16.5. The minimum atomic E-state index is -0.727. The minimum Gasteiger partial charge on any atom is -0.454 e. The summed E-state index contributed by atoms with van der Waals surface area (Å²) in [4.78, 5) is 16.4. The molecule has 0 aromatic heterocycles. The SMILES string of the molecule is C[C@](C(=O)O[C@H]1C[N+]2(CCc3ccc(CCO)cc3)CCC1CC2)(c1ccccc1)N1CCCCC1. The van der Waals surface area contributed by atoms with E-state index in [2.05, 4.69) is 48.2 Å². The van der Waals surface area contributed by atoms with Crippen LogP contribution in [0.3, 0.4) is 0 Å². The first kappa shape index (κ1) is 25.4. The number of benzene rings is 2. The van der Waals surface area contributed by atoms with Crippen LogP contribution < -0.4 is 0 Å². The highest BCUT2D eigenvalue weighted by molar-refractivity contribution is 5.82. The van der Waals surface area contributed by atoms with Crippen molar-refractivity contribution in [2.75, 3.05) is 45.9 Å². The van der Waals surface area contributed by atoms with Gasteiger partial charge in [-0.3, -0.25) is 4.90 Å². The number of quaternary nitrogens is 1. The van der Waals surface area contributed by atoms with E-state index in [9.17, 15) is 4.79 Å². The summed E-state index contributed by atoms with van der Waals surface area (Å²) in [5, 5.41) is 9.17. The smallest absolute Gasteiger partial charge is 0.331 e. The van der Waals surface area contributed by atoms with E-state index in [4.69, 9.17) is 9.84 Å². The van der Waals surface area contributed by atoms with Crippen molar-refractivity contribution in [1.82, 2.24) is 4.90 Å². The van der Waals surface area contributed by atoms with Crippen LogP contribution in [0.4, 0.5) is 0 Å². The number of esters is 1. The lowest BCUT2D eigenvalue weighted by Crippen LogP contribution is -2.65. The third-order valence-electron chi connectivity index (χ3n) is 9.32. The average Bonchev–Trinajstić information content (AvgIpc) is 2.94. The van der Waals surface area contributed by atoms with E-state index in [1.807, 2.05) is 18.2 Å². The monoisotopic (exact) mass is 491 g/mol. The second-order valence-electron chi connectivity index (χ2n) is 11.5. The molecule has 36 heavy (non-hydrogen) atoms. The predicted molar refractivity (Wildman–Crippen MR) is 142 cm³/mol. The molecule has 6 rings (SSSR count). The van der Waals surface area contributed by atoms with Crippen molar-refractivity contribution in [3.63, 3.8) is 0 Å². The molecular formula is C31H43N2O3+. The lowest BCUT2D eigenvalue weighted by Gasteiger charge is -2.53. The zero-order valence-corrected chi connectivity index (χ0v) is 21.9. The van der Waals surface area contributed by atoms with E-state index in [1.165, 1.54) is 30.6 Å². The van der Waals surface area contributed by atoms with Gasteiger partial charge in [0.25, 0.3) is 0 Å². The summed E-state index contributed by atoms with van der Waals surface area (Å²) >= 11 is 0. The van der Waals surface area contributed by atoms with E-state index in [-0.39, 0.29) is 18.7 Å². The zero-order chi connectivity index (χ0) is 25.0. The standard InChI is InChI=1S/C31H43N2O3/c1-31(28-8-4-2-5-9-28,32-18-6-3-7-19-32)30(35)36-29-24-33(21-15-27(29)16-22-33)20-14-25-10-12-26(13-11-25)17-23-34/h2,4-5,8-13,27,29,34H,3,6-7,14-24H2,1H3/q+1/t27?,29-,31+,33?/m0/s1. The van der Waals surface area contributed by atoms with Crippen molar-refractivity contribution in [1.29, 1.82) is 0 Å². The van der Waals surface area contributed by atoms with Gasteiger partial charge >= 0.3 is 5.97 Å². The Morgan fingerprint density at radius 1 is 0.972 bits per heavy atom. The highest BCUT2D eigenvalue weighted by Gasteiger charge is 2.50. The van der Waals surface area contributed by atoms with Crippen LogP contribution in [-0.4, -0.2) is 72.4 Å². The third kappa shape index (κ3) is 5.25. The summed E-state index contributed by atoms with van der Waals surface area (Å²) in [7, 11) is 0. The molecule has 0 spiro atoms. The minimum absolute atomic E-state index is 0.0137. The lowest BCUT2D eigenvalue weighted by molar-refractivity contribution is -0.946. The van der Waals surface area contributed by atoms with Gasteiger partial charge in [0, 0.05) is 31.8 Å². The fourth-order valence-electron chi connectivity index (χ4n) is 6.82. The number of piperidine rings is 4. The van der Waals surface area contributed by atoms with Crippen LogP contribution in [-0.2, 0) is 27.9 Å². The number of likely N-dealkylation sites (tertiary alicyclic amines) is 1. The lowest BCUT2D eigenvalue weighted by atomic mass is 9.82. The first-order valence-electron chi connectivity index (χ1n) is 14.1. The van der Waals surface area contributed by atoms with Crippen LogP contribution >= 0.6 is 0 Å². The maximum atomic E-state index is 14.0. The maximum absolute atomic E-state index is 14.0. The third-order valence-corrected chi connectivity index (χ3v) is 9.32. The summed E-state index contributed by atoms with van der Waals surface area (Å²) in [6.07, 6.45) is 7.60. The van der Waals surface area contributed by atoms with Gasteiger partial charge in [-0.15, -0.1) is 0 Å². The molecule has 2 atom stereocenters. The molecule has 2 aromatic rings. The number of aliphatic hydroxyl groups excluding tert-OH is 1. The molecule has 0 unspecified atom stereocenters. The van der Waals surface area contributed by atoms with Crippen molar-refractivity contribution in [2.45, 2.75) is 63.5 Å².